The second-order valence-electron chi connectivity index (χ2n) is 7.06. The zero-order chi connectivity index (χ0) is 20.8. The van der Waals surface area contributed by atoms with Crippen LogP contribution in [0.15, 0.2) is 0 Å². The van der Waals surface area contributed by atoms with Crippen LogP contribution in [0, 0.1) is 17.8 Å². The van der Waals surface area contributed by atoms with E-state index in [2.05, 4.69) is 5.32 Å². The summed E-state index contributed by atoms with van der Waals surface area (Å²) in [6.07, 6.45) is 6.04. The number of carbonyl (C=O) groups excluding carboxylic acids is 3. The summed E-state index contributed by atoms with van der Waals surface area (Å²) in [5.41, 5.74) is 0. The minimum Gasteiger partial charge on any atom is -0.481 e. The van der Waals surface area contributed by atoms with E-state index in [1.807, 2.05) is 26.4 Å². The number of amides is 1. The Bertz CT molecular complexity index is 485. The molecule has 0 fully saturated rings. The summed E-state index contributed by atoms with van der Waals surface area (Å²) in [6.45, 7) is 3.90. The van der Waals surface area contributed by atoms with Gasteiger partial charge in [-0.2, -0.15) is 23.5 Å². The van der Waals surface area contributed by atoms with E-state index in [1.54, 1.807) is 23.5 Å². The van der Waals surface area contributed by atoms with Gasteiger partial charge >= 0.3 is 5.97 Å². The average molecular weight is 420 g/mol. The summed E-state index contributed by atoms with van der Waals surface area (Å²) in [7, 11) is 0. The van der Waals surface area contributed by atoms with Crippen molar-refractivity contribution in [2.24, 2.45) is 17.8 Å². The maximum atomic E-state index is 12.7. The number of hydrogen-bond donors (Lipinski definition) is 2. The van der Waals surface area contributed by atoms with E-state index in [0.717, 1.165) is 12.0 Å². The van der Waals surface area contributed by atoms with Gasteiger partial charge in [-0.1, -0.05) is 13.8 Å². The van der Waals surface area contributed by atoms with Crippen LogP contribution >= 0.6 is 23.5 Å². The predicted octanol–water partition coefficient (Wildman–Crippen LogP) is 2.89. The normalized spacial score (nSPS) is 14.4. The lowest BCUT2D eigenvalue weighted by atomic mass is 9.91. The lowest BCUT2D eigenvalue weighted by molar-refractivity contribution is -0.144. The quantitative estimate of drug-likeness (QED) is 0.371. The summed E-state index contributed by atoms with van der Waals surface area (Å²) in [4.78, 5) is 47.6. The predicted molar refractivity (Wildman–Crippen MR) is 112 cm³/mol. The minimum absolute atomic E-state index is 0.0866. The van der Waals surface area contributed by atoms with Gasteiger partial charge in [-0.15, -0.1) is 0 Å². The SMILES string of the molecule is CSCC[C@H](CC(=O)[C@H](CC(C)C)NC(=O)[C@@H](CC=O)CCSC)C(=O)O. The van der Waals surface area contributed by atoms with Crippen molar-refractivity contribution in [3.63, 3.8) is 0 Å². The Hall–Kier alpha value is -1.02. The van der Waals surface area contributed by atoms with Gasteiger partial charge in [-0.3, -0.25) is 14.4 Å². The van der Waals surface area contributed by atoms with Crippen molar-refractivity contribution in [2.45, 2.75) is 52.0 Å². The van der Waals surface area contributed by atoms with Crippen LogP contribution in [0.5, 0.6) is 0 Å². The zero-order valence-corrected chi connectivity index (χ0v) is 18.4. The van der Waals surface area contributed by atoms with Gasteiger partial charge in [0.05, 0.1) is 12.0 Å². The summed E-state index contributed by atoms with van der Waals surface area (Å²) in [5, 5.41) is 12.1. The molecule has 0 aromatic carbocycles. The van der Waals surface area contributed by atoms with E-state index in [0.29, 0.717) is 25.0 Å². The van der Waals surface area contributed by atoms with Gasteiger partial charge in [0.1, 0.15) is 6.29 Å². The van der Waals surface area contributed by atoms with Crippen LogP contribution in [-0.4, -0.2) is 59.1 Å². The molecule has 3 atom stereocenters. The number of carbonyl (C=O) groups is 4. The topological polar surface area (TPSA) is 101 Å². The molecule has 0 radical (unpaired) electrons. The van der Waals surface area contributed by atoms with Gasteiger partial charge in [0, 0.05) is 18.8 Å². The second kappa shape index (κ2) is 15.0. The lowest BCUT2D eigenvalue weighted by Crippen LogP contribution is -2.45. The molecule has 0 aromatic rings. The Balaban J connectivity index is 5.11. The van der Waals surface area contributed by atoms with E-state index in [1.165, 1.54) is 0 Å². The second-order valence-corrected chi connectivity index (χ2v) is 9.03. The van der Waals surface area contributed by atoms with Gasteiger partial charge in [0.2, 0.25) is 5.91 Å². The number of rotatable bonds is 16. The first kappa shape index (κ1) is 26.0. The van der Waals surface area contributed by atoms with Crippen LogP contribution in [0.4, 0.5) is 0 Å². The Morgan fingerprint density at radius 2 is 1.59 bits per heavy atom. The summed E-state index contributed by atoms with van der Waals surface area (Å²) in [5.74, 6) is -1.13. The third-order valence-corrected chi connectivity index (χ3v) is 5.59. The van der Waals surface area contributed by atoms with Crippen molar-refractivity contribution in [1.29, 1.82) is 0 Å². The molecule has 0 unspecified atom stereocenters. The van der Waals surface area contributed by atoms with E-state index in [9.17, 15) is 24.3 Å². The highest BCUT2D eigenvalue weighted by Crippen LogP contribution is 2.18. The number of carboxylic acid groups (broad SMARTS) is 1. The third-order valence-electron chi connectivity index (χ3n) is 4.30. The molecule has 0 bridgehead atoms. The van der Waals surface area contributed by atoms with E-state index in [4.69, 9.17) is 0 Å². The van der Waals surface area contributed by atoms with Crippen LogP contribution in [-0.2, 0) is 19.2 Å². The van der Waals surface area contributed by atoms with Gasteiger partial charge in [-0.25, -0.2) is 0 Å². The van der Waals surface area contributed by atoms with Crippen molar-refractivity contribution >= 4 is 47.5 Å². The van der Waals surface area contributed by atoms with Crippen molar-refractivity contribution in [1.82, 2.24) is 5.32 Å². The van der Waals surface area contributed by atoms with E-state index >= 15 is 0 Å². The van der Waals surface area contributed by atoms with E-state index < -0.39 is 23.8 Å². The van der Waals surface area contributed by atoms with Gasteiger partial charge < -0.3 is 15.2 Å². The number of ketones is 1. The summed E-state index contributed by atoms with van der Waals surface area (Å²) < 4.78 is 0. The van der Waals surface area contributed by atoms with Gasteiger partial charge in [0.25, 0.3) is 0 Å². The largest absolute Gasteiger partial charge is 0.481 e. The molecule has 0 spiro atoms. The molecule has 0 aliphatic rings. The molecule has 1 amide bonds. The molecule has 0 aliphatic carbocycles. The minimum atomic E-state index is -0.981. The molecule has 0 rings (SSSR count). The molecule has 0 heterocycles. The lowest BCUT2D eigenvalue weighted by Gasteiger charge is -2.23. The monoisotopic (exact) mass is 419 g/mol. The van der Waals surface area contributed by atoms with Crippen molar-refractivity contribution in [2.75, 3.05) is 24.0 Å². The Morgan fingerprint density at radius 3 is 2.04 bits per heavy atom. The summed E-state index contributed by atoms with van der Waals surface area (Å²) >= 11 is 3.14. The maximum absolute atomic E-state index is 12.7. The fourth-order valence-electron chi connectivity index (χ4n) is 2.72. The highest BCUT2D eigenvalue weighted by Gasteiger charge is 2.29. The Labute approximate surface area is 171 Å². The summed E-state index contributed by atoms with van der Waals surface area (Å²) in [6, 6.07) is -0.711. The molecule has 0 saturated heterocycles. The molecular formula is C19H33NO5S2. The molecule has 27 heavy (non-hydrogen) atoms. The van der Waals surface area contributed by atoms with Crippen LogP contribution < -0.4 is 5.32 Å². The molecule has 2 N–H and O–H groups in total. The molecule has 0 saturated carbocycles. The van der Waals surface area contributed by atoms with Crippen LogP contribution in [0.25, 0.3) is 0 Å². The van der Waals surface area contributed by atoms with Crippen LogP contribution in [0.1, 0.15) is 46.0 Å². The fourth-order valence-corrected chi connectivity index (χ4v) is 3.76. The molecular weight excluding hydrogens is 386 g/mol. The molecule has 0 aromatic heterocycles. The first-order chi connectivity index (χ1) is 12.8. The third kappa shape index (κ3) is 11.4. The highest BCUT2D eigenvalue weighted by molar-refractivity contribution is 7.98. The molecule has 8 heteroatoms. The number of aliphatic carboxylic acids is 1. The first-order valence-electron chi connectivity index (χ1n) is 9.24. The molecule has 0 aliphatic heterocycles. The number of nitrogens with one attached hydrogen (secondary N) is 1. The first-order valence-corrected chi connectivity index (χ1v) is 12.0. The standard InChI is InChI=1S/C19H33NO5S2/c1-13(2)11-16(17(22)12-15(19(24)25)7-10-27-4)20-18(23)14(5-8-21)6-9-26-3/h8,13-16H,5-7,9-12H2,1-4H3,(H,20,23)(H,24,25)/t14-,15+,16-/m0/s1. The molecule has 156 valence electrons. The van der Waals surface area contributed by atoms with Gasteiger partial charge in [-0.05, 0) is 49.2 Å². The maximum Gasteiger partial charge on any atom is 0.306 e. The van der Waals surface area contributed by atoms with Crippen molar-refractivity contribution in [3.05, 3.63) is 0 Å². The number of aldehydes is 1. The van der Waals surface area contributed by atoms with Crippen molar-refractivity contribution < 1.29 is 24.3 Å². The Morgan fingerprint density at radius 1 is 1.04 bits per heavy atom. The number of Topliss-reactive ketones (excluding diaryl/α,β-unsaturated/α-hetero) is 1. The fraction of sp³-hybridized carbons (Fsp3) is 0.789. The smallest absolute Gasteiger partial charge is 0.306 e. The average Bonchev–Trinajstić information content (AvgIpc) is 2.60. The number of carboxylic acids is 1. The zero-order valence-electron chi connectivity index (χ0n) is 16.7. The number of thioether (sulfide) groups is 2. The van der Waals surface area contributed by atoms with Gasteiger partial charge in [0.15, 0.2) is 5.78 Å². The number of hydrogen-bond acceptors (Lipinski definition) is 6. The van der Waals surface area contributed by atoms with Crippen LogP contribution in [0.2, 0.25) is 0 Å². The molecule has 6 nitrogen and oxygen atoms in total. The Kier molecular flexibility index (Phi) is 14.4. The van der Waals surface area contributed by atoms with Crippen molar-refractivity contribution in [3.8, 4) is 0 Å². The van der Waals surface area contributed by atoms with Crippen LogP contribution in [0.3, 0.4) is 0 Å². The van der Waals surface area contributed by atoms with E-state index in [-0.39, 0.29) is 30.4 Å². The highest BCUT2D eigenvalue weighted by atomic mass is 32.2.